The molecule has 1 aliphatic carbocycles. The van der Waals surface area contributed by atoms with Gasteiger partial charge in [-0.05, 0) is 98.0 Å². The van der Waals surface area contributed by atoms with E-state index in [0.29, 0.717) is 101 Å². The van der Waals surface area contributed by atoms with Crippen molar-refractivity contribution in [3.8, 4) is 5.75 Å². The largest absolute Gasteiger partial charge is 0.490 e. The SMILES string of the molecule is C[C@@H](C(=O)Nc1ccc(Cl)c(OCCOCCOCCOCCOCCOCCNc2cccc3c2C(=O)N(C2CCC(=O)NC2=O)C3=O)c1)C1CCC(c2ccnc3ccc(F)cc23)CC1. The van der Waals surface area contributed by atoms with Crippen LogP contribution in [0.3, 0.4) is 0 Å². The van der Waals surface area contributed by atoms with Crippen LogP contribution in [0.15, 0.2) is 66.9 Å². The van der Waals surface area contributed by atoms with Crippen LogP contribution in [0.1, 0.15) is 77.6 Å². The molecule has 3 aromatic carbocycles. The molecule has 1 saturated heterocycles. The number of ether oxygens (including phenoxy) is 6. The van der Waals surface area contributed by atoms with E-state index in [1.807, 2.05) is 13.0 Å². The molecule has 1 saturated carbocycles. The minimum atomic E-state index is -1.02. The summed E-state index contributed by atoms with van der Waals surface area (Å²) < 4.78 is 47.8. The maximum Gasteiger partial charge on any atom is 0.264 e. The molecule has 3 heterocycles. The Bertz CT molecular complexity index is 2380. The molecule has 2 fully saturated rings. The van der Waals surface area contributed by atoms with Crippen LogP contribution in [0.5, 0.6) is 5.75 Å². The Morgan fingerprint density at radius 3 is 2.16 bits per heavy atom. The minimum Gasteiger partial charge on any atom is -0.490 e. The van der Waals surface area contributed by atoms with Crippen molar-refractivity contribution in [2.45, 2.75) is 57.4 Å². The number of benzene rings is 3. The van der Waals surface area contributed by atoms with Crippen molar-refractivity contribution >= 4 is 63.4 Å². The van der Waals surface area contributed by atoms with Gasteiger partial charge in [0.05, 0.1) is 87.7 Å². The summed E-state index contributed by atoms with van der Waals surface area (Å²) in [5.41, 5.74) is 3.40. The van der Waals surface area contributed by atoms with Crippen LogP contribution < -0.4 is 20.7 Å². The number of hydrogen-bond acceptors (Lipinski definition) is 13. The number of nitrogens with one attached hydrogen (secondary N) is 3. The number of fused-ring (bicyclic) bond motifs is 2. The van der Waals surface area contributed by atoms with Gasteiger partial charge in [-0.2, -0.15) is 0 Å². The van der Waals surface area contributed by atoms with E-state index in [-0.39, 0.29) is 54.1 Å². The quantitative estimate of drug-likeness (QED) is 0.0479. The molecule has 0 bridgehead atoms. The molecule has 2 atom stereocenters. The third kappa shape index (κ3) is 13.1. The minimum absolute atomic E-state index is 0.0555. The summed E-state index contributed by atoms with van der Waals surface area (Å²) in [6.07, 6.45) is 5.60. The zero-order chi connectivity index (χ0) is 47.1. The molecule has 1 unspecified atom stereocenters. The van der Waals surface area contributed by atoms with Crippen molar-refractivity contribution in [1.29, 1.82) is 0 Å². The molecular weight excluding hydrogens is 889 g/mol. The number of amides is 5. The van der Waals surface area contributed by atoms with Crippen LogP contribution >= 0.6 is 11.6 Å². The van der Waals surface area contributed by atoms with Gasteiger partial charge in [-0.25, -0.2) is 4.39 Å². The first-order valence-corrected chi connectivity index (χ1v) is 23.2. The van der Waals surface area contributed by atoms with E-state index in [2.05, 4.69) is 20.9 Å². The molecular formula is C49H57ClFN5O11. The van der Waals surface area contributed by atoms with Gasteiger partial charge in [0, 0.05) is 47.9 Å². The monoisotopic (exact) mass is 945 g/mol. The number of imide groups is 2. The van der Waals surface area contributed by atoms with Gasteiger partial charge < -0.3 is 39.1 Å². The summed E-state index contributed by atoms with van der Waals surface area (Å²) in [5, 5.41) is 9.66. The summed E-state index contributed by atoms with van der Waals surface area (Å²) in [4.78, 5) is 68.8. The van der Waals surface area contributed by atoms with Crippen LogP contribution in [-0.4, -0.2) is 125 Å². The number of aromatic nitrogens is 1. The van der Waals surface area contributed by atoms with Crippen molar-refractivity contribution in [2.24, 2.45) is 11.8 Å². The van der Waals surface area contributed by atoms with E-state index in [4.69, 9.17) is 40.0 Å². The Hall–Kier alpha value is -5.56. The second-order valence-electron chi connectivity index (χ2n) is 16.6. The number of halogens is 2. The first-order valence-electron chi connectivity index (χ1n) is 22.8. The van der Waals surface area contributed by atoms with Crippen LogP contribution in [0.4, 0.5) is 15.8 Å². The van der Waals surface area contributed by atoms with E-state index in [1.54, 1.807) is 54.7 Å². The lowest BCUT2D eigenvalue weighted by molar-refractivity contribution is -0.136. The van der Waals surface area contributed by atoms with E-state index < -0.39 is 29.7 Å². The van der Waals surface area contributed by atoms with E-state index >= 15 is 0 Å². The van der Waals surface area contributed by atoms with Crippen LogP contribution in [0.25, 0.3) is 10.9 Å². The van der Waals surface area contributed by atoms with Crippen molar-refractivity contribution in [2.75, 3.05) is 89.9 Å². The van der Waals surface area contributed by atoms with Crippen molar-refractivity contribution in [3.05, 3.63) is 94.4 Å². The normalized spacial score (nSPS) is 18.8. The Kier molecular flexibility index (Phi) is 18.0. The van der Waals surface area contributed by atoms with Gasteiger partial charge in [0.1, 0.15) is 24.2 Å². The average molecular weight is 946 g/mol. The molecule has 1 aromatic heterocycles. The fraction of sp³-hybridized carbons (Fsp3) is 0.469. The zero-order valence-corrected chi connectivity index (χ0v) is 38.3. The molecule has 3 N–H and O–H groups in total. The highest BCUT2D eigenvalue weighted by atomic mass is 35.5. The number of piperidine rings is 1. The predicted octanol–water partition coefficient (Wildman–Crippen LogP) is 6.55. The lowest BCUT2D eigenvalue weighted by Gasteiger charge is -2.32. The number of hydrogen-bond donors (Lipinski definition) is 3. The Morgan fingerprint density at radius 2 is 1.48 bits per heavy atom. The second kappa shape index (κ2) is 24.5. The zero-order valence-electron chi connectivity index (χ0n) is 37.5. The lowest BCUT2D eigenvalue weighted by atomic mass is 9.73. The Balaban J connectivity index is 0.671. The van der Waals surface area contributed by atoms with Gasteiger partial charge >= 0.3 is 0 Å². The summed E-state index contributed by atoms with van der Waals surface area (Å²) in [6.45, 7) is 6.29. The summed E-state index contributed by atoms with van der Waals surface area (Å²) >= 11 is 6.39. The highest BCUT2D eigenvalue weighted by molar-refractivity contribution is 6.32. The third-order valence-electron chi connectivity index (χ3n) is 12.3. The van der Waals surface area contributed by atoms with Gasteiger partial charge in [-0.15, -0.1) is 0 Å². The maximum absolute atomic E-state index is 14.0. The van der Waals surface area contributed by atoms with E-state index in [9.17, 15) is 28.4 Å². The number of nitrogens with zero attached hydrogens (tertiary/aromatic N) is 2. The number of pyridine rings is 1. The molecule has 4 aromatic rings. The van der Waals surface area contributed by atoms with E-state index in [1.165, 1.54) is 6.07 Å². The molecule has 7 rings (SSSR count). The van der Waals surface area contributed by atoms with Crippen molar-refractivity contribution in [1.82, 2.24) is 15.2 Å². The van der Waals surface area contributed by atoms with Gasteiger partial charge in [-0.1, -0.05) is 24.6 Å². The summed E-state index contributed by atoms with van der Waals surface area (Å²) in [5.74, 6) is -1.73. The summed E-state index contributed by atoms with van der Waals surface area (Å²) in [7, 11) is 0. The molecule has 358 valence electrons. The molecule has 16 nitrogen and oxygen atoms in total. The van der Waals surface area contributed by atoms with Gasteiger partial charge in [0.15, 0.2) is 0 Å². The molecule has 3 aliphatic rings. The number of anilines is 2. The highest BCUT2D eigenvalue weighted by Crippen LogP contribution is 2.41. The van der Waals surface area contributed by atoms with Crippen LogP contribution in [0.2, 0.25) is 5.02 Å². The fourth-order valence-electron chi connectivity index (χ4n) is 8.70. The Labute approximate surface area is 393 Å². The third-order valence-corrected chi connectivity index (χ3v) is 12.6. The van der Waals surface area contributed by atoms with Crippen molar-refractivity contribution < 1.29 is 56.8 Å². The first-order chi connectivity index (χ1) is 32.6. The smallest absolute Gasteiger partial charge is 0.264 e. The molecule has 0 radical (unpaired) electrons. The number of carbonyl (C=O) groups excluding carboxylic acids is 5. The average Bonchev–Trinajstić information content (AvgIpc) is 3.58. The number of carbonyl (C=O) groups is 5. The molecule has 67 heavy (non-hydrogen) atoms. The molecule has 5 amide bonds. The second-order valence-corrected chi connectivity index (χ2v) is 17.0. The van der Waals surface area contributed by atoms with Crippen LogP contribution in [-0.2, 0) is 38.1 Å². The molecule has 0 spiro atoms. The number of rotatable bonds is 25. The lowest BCUT2D eigenvalue weighted by Crippen LogP contribution is -2.54. The molecule has 18 heteroatoms. The fourth-order valence-corrected chi connectivity index (χ4v) is 8.87. The van der Waals surface area contributed by atoms with Gasteiger partial charge in [0.2, 0.25) is 17.7 Å². The van der Waals surface area contributed by atoms with Crippen LogP contribution in [0, 0.1) is 17.7 Å². The van der Waals surface area contributed by atoms with E-state index in [0.717, 1.165) is 47.0 Å². The summed E-state index contributed by atoms with van der Waals surface area (Å²) in [6, 6.07) is 15.8. The maximum atomic E-state index is 14.0. The standard InChI is InChI=1S/C49H57ClFN5O11/c1-31(32-5-7-33(8-6-32)36-15-16-52-40-12-9-34(51)29-38(36)40)46(58)54-35-10-11-39(50)43(30-35)67-28-27-66-26-25-65-24-23-64-22-21-63-20-19-62-18-17-53-41-4-2-3-37-45(41)49(61)56(48(37)60)42-13-14-44(57)55-47(42)59/h2-4,9-12,15-16,29-33,42,53H,5-8,13-14,17-28H2,1H3,(H,54,58)(H,55,57,59)/t31-,32?,33?,42?/m1/s1. The highest BCUT2D eigenvalue weighted by Gasteiger charge is 2.45. The Morgan fingerprint density at radius 1 is 0.806 bits per heavy atom. The van der Waals surface area contributed by atoms with Crippen molar-refractivity contribution in [3.63, 3.8) is 0 Å². The topological polar surface area (TPSA) is 193 Å². The first kappa shape index (κ1) is 49.3. The van der Waals surface area contributed by atoms with Gasteiger partial charge in [0.25, 0.3) is 11.8 Å². The van der Waals surface area contributed by atoms with Gasteiger partial charge in [-0.3, -0.25) is 39.2 Å². The predicted molar refractivity (Wildman–Crippen MR) is 247 cm³/mol. The molecule has 2 aliphatic heterocycles.